The Bertz CT molecular complexity index is 550. The average Bonchev–Trinajstić information content (AvgIpc) is 2.69. The van der Waals surface area contributed by atoms with Crippen LogP contribution in [0.15, 0.2) is 28.4 Å². The van der Waals surface area contributed by atoms with Crippen molar-refractivity contribution in [1.82, 2.24) is 0 Å². The summed E-state index contributed by atoms with van der Waals surface area (Å²) < 4.78 is 0. The number of phenolic OH excluding ortho intramolecular Hbond substituents is 1. The van der Waals surface area contributed by atoms with E-state index < -0.39 is 0 Å². The van der Waals surface area contributed by atoms with Gasteiger partial charge in [-0.1, -0.05) is 17.7 Å². The van der Waals surface area contributed by atoms with Gasteiger partial charge in [-0.25, -0.2) is 0 Å². The Morgan fingerprint density at radius 2 is 1.80 bits per heavy atom. The number of hydrogen-bond donors (Lipinski definition) is 1. The number of benzene rings is 1. The minimum atomic E-state index is 0.300. The van der Waals surface area contributed by atoms with Crippen LogP contribution in [0.2, 0.25) is 0 Å². The van der Waals surface area contributed by atoms with E-state index in [0.717, 1.165) is 21.6 Å². The number of rotatable bonds is 0. The topological polar surface area (TPSA) is 45.0 Å². The van der Waals surface area contributed by atoms with Crippen molar-refractivity contribution in [2.75, 3.05) is 0 Å². The lowest BCUT2D eigenvalue weighted by Gasteiger charge is -1.97. The molecule has 1 N–H and O–H groups in total. The molecule has 15 heavy (non-hydrogen) atoms. The van der Waals surface area contributed by atoms with Crippen LogP contribution in [-0.4, -0.2) is 17.5 Å². The van der Waals surface area contributed by atoms with Crippen molar-refractivity contribution in [1.29, 1.82) is 0 Å². The Morgan fingerprint density at radius 1 is 1.13 bits per heavy atom. The smallest absolute Gasteiger partial charge is 0.123 e. The largest absolute Gasteiger partial charge is 0.507 e. The molecule has 0 spiro atoms. The molecule has 0 saturated carbocycles. The monoisotopic (exact) mass is 200 g/mol. The van der Waals surface area contributed by atoms with Crippen molar-refractivity contribution in [3.05, 3.63) is 28.6 Å². The SMILES string of the molecule is CC(C)=c1ccc(=C2C=NN=C2)cc1O. The van der Waals surface area contributed by atoms with Crippen LogP contribution in [0.25, 0.3) is 11.1 Å². The molecule has 3 heteroatoms. The van der Waals surface area contributed by atoms with E-state index in [1.54, 1.807) is 18.5 Å². The maximum absolute atomic E-state index is 9.80. The zero-order valence-electron chi connectivity index (χ0n) is 8.73. The van der Waals surface area contributed by atoms with Gasteiger partial charge in [0.25, 0.3) is 0 Å². The molecular weight excluding hydrogens is 188 g/mol. The molecule has 1 aromatic rings. The van der Waals surface area contributed by atoms with Crippen molar-refractivity contribution in [2.45, 2.75) is 13.8 Å². The molecule has 1 aliphatic heterocycles. The Labute approximate surface area is 87.8 Å². The summed E-state index contributed by atoms with van der Waals surface area (Å²) in [7, 11) is 0. The van der Waals surface area contributed by atoms with Gasteiger partial charge in [-0.05, 0) is 25.1 Å². The molecular formula is C12H12N2O. The summed E-state index contributed by atoms with van der Waals surface area (Å²) in [5.74, 6) is 0.300. The van der Waals surface area contributed by atoms with E-state index >= 15 is 0 Å². The van der Waals surface area contributed by atoms with E-state index in [4.69, 9.17) is 0 Å². The van der Waals surface area contributed by atoms with Crippen molar-refractivity contribution in [3.63, 3.8) is 0 Å². The van der Waals surface area contributed by atoms with Gasteiger partial charge in [0.1, 0.15) is 5.75 Å². The molecule has 0 atom stereocenters. The van der Waals surface area contributed by atoms with Gasteiger partial charge < -0.3 is 5.11 Å². The third-order valence-corrected chi connectivity index (χ3v) is 2.33. The molecule has 1 heterocycles. The molecule has 76 valence electrons. The highest BCUT2D eigenvalue weighted by molar-refractivity contribution is 6.30. The van der Waals surface area contributed by atoms with Crippen LogP contribution in [0.3, 0.4) is 0 Å². The third kappa shape index (κ3) is 1.81. The van der Waals surface area contributed by atoms with Gasteiger partial charge in [-0.15, -0.1) is 0 Å². The first-order chi connectivity index (χ1) is 7.18. The van der Waals surface area contributed by atoms with Crippen molar-refractivity contribution >= 4 is 23.6 Å². The minimum Gasteiger partial charge on any atom is -0.507 e. The van der Waals surface area contributed by atoms with E-state index in [9.17, 15) is 5.11 Å². The van der Waals surface area contributed by atoms with Gasteiger partial charge in [-0.3, -0.25) is 0 Å². The molecule has 0 unspecified atom stereocenters. The molecule has 2 rings (SSSR count). The quantitative estimate of drug-likeness (QED) is 0.661. The summed E-state index contributed by atoms with van der Waals surface area (Å²) in [5, 5.41) is 19.1. The molecule has 0 radical (unpaired) electrons. The summed E-state index contributed by atoms with van der Waals surface area (Å²) in [6.07, 6.45) is 3.36. The van der Waals surface area contributed by atoms with Crippen LogP contribution in [0, 0.1) is 0 Å². The number of phenols is 1. The van der Waals surface area contributed by atoms with Crippen molar-refractivity contribution in [2.24, 2.45) is 10.2 Å². The molecule has 0 amide bonds. The summed E-state index contributed by atoms with van der Waals surface area (Å²) >= 11 is 0. The number of aromatic hydroxyl groups is 1. The van der Waals surface area contributed by atoms with E-state index in [1.807, 2.05) is 26.0 Å². The molecule has 0 aliphatic carbocycles. The van der Waals surface area contributed by atoms with Gasteiger partial charge in [0.05, 0.1) is 12.4 Å². The van der Waals surface area contributed by atoms with Crippen LogP contribution >= 0.6 is 0 Å². The van der Waals surface area contributed by atoms with Gasteiger partial charge >= 0.3 is 0 Å². The average molecular weight is 200 g/mol. The molecule has 1 aliphatic rings. The van der Waals surface area contributed by atoms with Crippen LogP contribution in [-0.2, 0) is 0 Å². The minimum absolute atomic E-state index is 0.300. The standard InChI is InChI=1S/C12H12N2O/c1-8(2)11-4-3-9(5-12(11)15)10-6-13-14-7-10/h3-7,15H,1-2H3. The van der Waals surface area contributed by atoms with Gasteiger partial charge in [0.2, 0.25) is 0 Å². The van der Waals surface area contributed by atoms with E-state index in [-0.39, 0.29) is 0 Å². The fourth-order valence-corrected chi connectivity index (χ4v) is 1.51. The molecule has 0 fully saturated rings. The fourth-order valence-electron chi connectivity index (χ4n) is 1.51. The second-order valence-corrected chi connectivity index (χ2v) is 3.68. The highest BCUT2D eigenvalue weighted by Crippen LogP contribution is 2.00. The van der Waals surface area contributed by atoms with E-state index in [1.165, 1.54) is 0 Å². The first kappa shape index (κ1) is 9.65. The first-order valence-electron chi connectivity index (χ1n) is 4.76. The predicted molar refractivity (Wildman–Crippen MR) is 62.5 cm³/mol. The third-order valence-electron chi connectivity index (χ3n) is 2.33. The van der Waals surface area contributed by atoms with Gasteiger partial charge in [-0.2, -0.15) is 10.2 Å². The summed E-state index contributed by atoms with van der Waals surface area (Å²) in [4.78, 5) is 0. The maximum atomic E-state index is 9.80. The first-order valence-corrected chi connectivity index (χ1v) is 4.76. The molecule has 0 aromatic heterocycles. The van der Waals surface area contributed by atoms with Gasteiger partial charge in [0.15, 0.2) is 0 Å². The normalized spacial score (nSPS) is 13.6. The maximum Gasteiger partial charge on any atom is 0.123 e. The Hall–Kier alpha value is -1.90. The second kappa shape index (κ2) is 3.69. The summed E-state index contributed by atoms with van der Waals surface area (Å²) in [6, 6.07) is 5.61. The van der Waals surface area contributed by atoms with Crippen LogP contribution < -0.4 is 10.4 Å². The lowest BCUT2D eigenvalue weighted by Crippen LogP contribution is -2.13. The number of hydrogen-bond acceptors (Lipinski definition) is 3. The number of nitrogens with zero attached hydrogens (tertiary/aromatic N) is 2. The second-order valence-electron chi connectivity index (χ2n) is 3.68. The molecule has 3 nitrogen and oxygen atoms in total. The molecule has 1 aromatic carbocycles. The summed E-state index contributed by atoms with van der Waals surface area (Å²) in [6.45, 7) is 3.95. The van der Waals surface area contributed by atoms with E-state index in [0.29, 0.717) is 5.75 Å². The van der Waals surface area contributed by atoms with Gasteiger partial charge in [0, 0.05) is 10.8 Å². The van der Waals surface area contributed by atoms with Crippen LogP contribution in [0.4, 0.5) is 0 Å². The zero-order chi connectivity index (χ0) is 10.8. The van der Waals surface area contributed by atoms with E-state index in [2.05, 4.69) is 10.2 Å². The highest BCUT2D eigenvalue weighted by Gasteiger charge is 1.99. The van der Waals surface area contributed by atoms with Crippen molar-refractivity contribution in [3.8, 4) is 5.75 Å². The molecule has 0 saturated heterocycles. The van der Waals surface area contributed by atoms with Crippen LogP contribution in [0.1, 0.15) is 13.8 Å². The Balaban J connectivity index is 2.72. The molecule has 0 bridgehead atoms. The predicted octanol–water partition coefficient (Wildman–Crippen LogP) is 0.804. The fraction of sp³-hybridized carbons (Fsp3) is 0.167. The van der Waals surface area contributed by atoms with Crippen LogP contribution in [0.5, 0.6) is 5.75 Å². The zero-order valence-corrected chi connectivity index (χ0v) is 8.73. The lowest BCUT2D eigenvalue weighted by molar-refractivity contribution is 0.470. The lowest BCUT2D eigenvalue weighted by atomic mass is 10.1. The highest BCUT2D eigenvalue weighted by atomic mass is 16.3. The summed E-state index contributed by atoms with van der Waals surface area (Å²) in [5.41, 5.74) is 2.02. The Kier molecular flexibility index (Phi) is 2.37. The Morgan fingerprint density at radius 3 is 2.33 bits per heavy atom. The van der Waals surface area contributed by atoms with Crippen molar-refractivity contribution < 1.29 is 5.11 Å².